The number of amides is 2. The lowest BCUT2D eigenvalue weighted by molar-refractivity contribution is -0.118. The van der Waals surface area contributed by atoms with Crippen LogP contribution in [-0.2, 0) is 4.79 Å². The molecule has 1 atom stereocenters. The van der Waals surface area contributed by atoms with E-state index in [4.69, 9.17) is 9.84 Å². The zero-order chi connectivity index (χ0) is 15.5. The summed E-state index contributed by atoms with van der Waals surface area (Å²) in [6.45, 7) is -0.0522. The van der Waals surface area contributed by atoms with Gasteiger partial charge in [0, 0.05) is 5.56 Å². The average molecular weight is 298 g/mol. The Morgan fingerprint density at radius 2 is 1.95 bits per heavy atom. The lowest BCUT2D eigenvalue weighted by Crippen LogP contribution is -2.45. The first kappa shape index (κ1) is 13.9. The molecular weight excluding hydrogens is 284 g/mol. The highest BCUT2D eigenvalue weighted by Gasteiger charge is 2.27. The van der Waals surface area contributed by atoms with Gasteiger partial charge in [0.25, 0.3) is 5.91 Å². The van der Waals surface area contributed by atoms with Crippen LogP contribution in [0.5, 0.6) is 5.75 Å². The molecule has 112 valence electrons. The van der Waals surface area contributed by atoms with Gasteiger partial charge in [-0.1, -0.05) is 42.5 Å². The van der Waals surface area contributed by atoms with Gasteiger partial charge in [-0.3, -0.25) is 4.79 Å². The third-order valence-corrected chi connectivity index (χ3v) is 3.38. The maximum absolute atomic E-state index is 12.2. The van der Waals surface area contributed by atoms with Crippen molar-refractivity contribution < 1.29 is 19.4 Å². The van der Waals surface area contributed by atoms with Crippen molar-refractivity contribution in [3.05, 3.63) is 48.5 Å². The molecule has 6 heteroatoms. The standard InChI is InChI=1S/C16H14N2O4/c19-15-12(17-16(20)21)9-22-13-8-4-7-11(14(13)18-15)10-5-2-1-3-6-10/h1-8,12,17H,9H2,(H,18,19)(H,20,21)/t12-/m0/s1. The molecule has 2 amide bonds. The van der Waals surface area contributed by atoms with E-state index in [0.717, 1.165) is 11.1 Å². The Kier molecular flexibility index (Phi) is 3.65. The lowest BCUT2D eigenvalue weighted by Gasteiger charge is -2.12. The van der Waals surface area contributed by atoms with Crippen LogP contribution in [0.3, 0.4) is 0 Å². The van der Waals surface area contributed by atoms with Gasteiger partial charge < -0.3 is 20.5 Å². The van der Waals surface area contributed by atoms with Crippen LogP contribution < -0.4 is 15.4 Å². The second-order valence-electron chi connectivity index (χ2n) is 4.85. The minimum Gasteiger partial charge on any atom is -0.489 e. The fourth-order valence-corrected chi connectivity index (χ4v) is 2.35. The van der Waals surface area contributed by atoms with Gasteiger partial charge in [0.2, 0.25) is 0 Å². The van der Waals surface area contributed by atoms with Gasteiger partial charge in [-0.05, 0) is 11.6 Å². The first-order valence-electron chi connectivity index (χ1n) is 6.76. The van der Waals surface area contributed by atoms with Crippen LogP contribution in [0.2, 0.25) is 0 Å². The number of carboxylic acid groups (broad SMARTS) is 1. The molecule has 22 heavy (non-hydrogen) atoms. The van der Waals surface area contributed by atoms with E-state index >= 15 is 0 Å². The number of anilines is 1. The van der Waals surface area contributed by atoms with Gasteiger partial charge in [0.1, 0.15) is 18.4 Å². The number of carbonyl (C=O) groups is 2. The number of para-hydroxylation sites is 1. The number of nitrogens with one attached hydrogen (secondary N) is 2. The van der Waals surface area contributed by atoms with E-state index < -0.39 is 18.0 Å². The third kappa shape index (κ3) is 2.71. The lowest BCUT2D eigenvalue weighted by atomic mass is 10.0. The van der Waals surface area contributed by atoms with Crippen LogP contribution in [-0.4, -0.2) is 29.8 Å². The van der Waals surface area contributed by atoms with Crippen LogP contribution in [0.4, 0.5) is 10.5 Å². The minimum absolute atomic E-state index is 0.0522. The molecule has 0 aromatic heterocycles. The highest BCUT2D eigenvalue weighted by atomic mass is 16.5. The van der Waals surface area contributed by atoms with E-state index in [0.29, 0.717) is 11.4 Å². The van der Waals surface area contributed by atoms with Crippen molar-refractivity contribution in [1.29, 1.82) is 0 Å². The van der Waals surface area contributed by atoms with Crippen molar-refractivity contribution in [2.75, 3.05) is 11.9 Å². The molecule has 1 aliphatic rings. The monoisotopic (exact) mass is 298 g/mol. The average Bonchev–Trinajstić information content (AvgIpc) is 2.67. The molecule has 2 aromatic rings. The summed E-state index contributed by atoms with van der Waals surface area (Å²) in [5, 5.41) is 13.7. The maximum atomic E-state index is 12.2. The molecule has 0 saturated carbocycles. The van der Waals surface area contributed by atoms with Crippen molar-refractivity contribution in [3.8, 4) is 16.9 Å². The smallest absolute Gasteiger partial charge is 0.405 e. The summed E-state index contributed by atoms with van der Waals surface area (Å²) in [7, 11) is 0. The number of rotatable bonds is 2. The molecule has 0 fully saturated rings. The van der Waals surface area contributed by atoms with Crippen LogP contribution in [0.1, 0.15) is 0 Å². The number of hydrogen-bond acceptors (Lipinski definition) is 3. The molecule has 0 radical (unpaired) electrons. The number of ether oxygens (including phenoxy) is 1. The van der Waals surface area contributed by atoms with Crippen LogP contribution >= 0.6 is 0 Å². The van der Waals surface area contributed by atoms with Crippen LogP contribution in [0.15, 0.2) is 48.5 Å². The summed E-state index contributed by atoms with van der Waals surface area (Å²) >= 11 is 0. The Hall–Kier alpha value is -3.02. The summed E-state index contributed by atoms with van der Waals surface area (Å²) in [6.07, 6.45) is -1.27. The number of fused-ring (bicyclic) bond motifs is 1. The maximum Gasteiger partial charge on any atom is 0.405 e. The molecule has 2 aromatic carbocycles. The van der Waals surface area contributed by atoms with Crippen LogP contribution in [0.25, 0.3) is 11.1 Å². The third-order valence-electron chi connectivity index (χ3n) is 3.38. The van der Waals surface area contributed by atoms with E-state index in [2.05, 4.69) is 10.6 Å². The zero-order valence-corrected chi connectivity index (χ0v) is 11.6. The molecule has 1 heterocycles. The fourth-order valence-electron chi connectivity index (χ4n) is 2.35. The predicted molar refractivity (Wildman–Crippen MR) is 81.0 cm³/mol. The summed E-state index contributed by atoms with van der Waals surface area (Å²) in [6, 6.07) is 14.1. The first-order chi connectivity index (χ1) is 10.6. The second kappa shape index (κ2) is 5.77. The molecule has 6 nitrogen and oxygen atoms in total. The van der Waals surface area contributed by atoms with Crippen molar-refractivity contribution >= 4 is 17.7 Å². The van der Waals surface area contributed by atoms with E-state index in [1.54, 1.807) is 6.07 Å². The van der Waals surface area contributed by atoms with Gasteiger partial charge in [-0.15, -0.1) is 0 Å². The quantitative estimate of drug-likeness (QED) is 0.794. The summed E-state index contributed by atoms with van der Waals surface area (Å²) in [5.41, 5.74) is 2.31. The highest BCUT2D eigenvalue weighted by Crippen LogP contribution is 2.37. The van der Waals surface area contributed by atoms with E-state index in [1.807, 2.05) is 42.5 Å². The van der Waals surface area contributed by atoms with E-state index in [9.17, 15) is 9.59 Å². The Balaban J connectivity index is 1.98. The van der Waals surface area contributed by atoms with Gasteiger partial charge in [0.05, 0.1) is 5.69 Å². The normalized spacial score (nSPS) is 16.7. The summed E-state index contributed by atoms with van der Waals surface area (Å²) in [5.74, 6) is 0.0777. The largest absolute Gasteiger partial charge is 0.489 e. The topological polar surface area (TPSA) is 87.7 Å². The Bertz CT molecular complexity index is 715. The molecule has 3 rings (SSSR count). The predicted octanol–water partition coefficient (Wildman–Crippen LogP) is 2.32. The van der Waals surface area contributed by atoms with Gasteiger partial charge in [0.15, 0.2) is 0 Å². The van der Waals surface area contributed by atoms with Gasteiger partial charge >= 0.3 is 6.09 Å². The Morgan fingerprint density at radius 3 is 2.68 bits per heavy atom. The van der Waals surface area contributed by atoms with E-state index in [-0.39, 0.29) is 6.61 Å². The van der Waals surface area contributed by atoms with E-state index in [1.165, 1.54) is 0 Å². The number of carbonyl (C=O) groups excluding carboxylic acids is 1. The second-order valence-corrected chi connectivity index (χ2v) is 4.85. The van der Waals surface area contributed by atoms with Gasteiger partial charge in [-0.2, -0.15) is 0 Å². The van der Waals surface area contributed by atoms with Crippen molar-refractivity contribution in [2.45, 2.75) is 6.04 Å². The molecule has 0 saturated heterocycles. The highest BCUT2D eigenvalue weighted by molar-refractivity contribution is 6.02. The summed E-state index contributed by atoms with van der Waals surface area (Å²) < 4.78 is 5.59. The Labute approximate surface area is 126 Å². The molecule has 0 bridgehead atoms. The molecule has 3 N–H and O–H groups in total. The minimum atomic E-state index is -1.27. The Morgan fingerprint density at radius 1 is 1.18 bits per heavy atom. The van der Waals surface area contributed by atoms with Crippen molar-refractivity contribution in [3.63, 3.8) is 0 Å². The molecule has 0 aliphatic carbocycles. The molecule has 0 unspecified atom stereocenters. The van der Waals surface area contributed by atoms with Crippen LogP contribution in [0, 0.1) is 0 Å². The SMILES string of the molecule is O=C(O)N[C@H]1COc2cccc(-c3ccccc3)c2NC1=O. The first-order valence-corrected chi connectivity index (χ1v) is 6.76. The fraction of sp³-hybridized carbons (Fsp3) is 0.125. The molecule has 0 spiro atoms. The van der Waals surface area contributed by atoms with Crippen molar-refractivity contribution in [1.82, 2.24) is 5.32 Å². The zero-order valence-electron chi connectivity index (χ0n) is 11.6. The number of hydrogen-bond donors (Lipinski definition) is 3. The molecule has 1 aliphatic heterocycles. The summed E-state index contributed by atoms with van der Waals surface area (Å²) in [4.78, 5) is 22.9. The van der Waals surface area contributed by atoms with Gasteiger partial charge in [-0.25, -0.2) is 4.79 Å². The molecular formula is C16H14N2O4. The van der Waals surface area contributed by atoms with Crippen molar-refractivity contribution in [2.24, 2.45) is 0 Å². The number of benzene rings is 2.